The van der Waals surface area contributed by atoms with Crippen LogP contribution in [0, 0.1) is 0 Å². The first-order valence-corrected chi connectivity index (χ1v) is 11.1. The average Bonchev–Trinajstić information content (AvgIpc) is 2.81. The van der Waals surface area contributed by atoms with Crippen LogP contribution in [0.25, 0.3) is 6.08 Å². The van der Waals surface area contributed by atoms with Crippen LogP contribution in [0.5, 0.6) is 17.2 Å². The van der Waals surface area contributed by atoms with Gasteiger partial charge in [0.15, 0.2) is 11.5 Å². The second-order valence-corrected chi connectivity index (χ2v) is 8.33. The summed E-state index contributed by atoms with van der Waals surface area (Å²) in [5, 5.41) is 3.19. The Bertz CT molecular complexity index is 735. The summed E-state index contributed by atoms with van der Waals surface area (Å²) >= 11 is 0. The minimum absolute atomic E-state index is 0.0752. The van der Waals surface area contributed by atoms with Gasteiger partial charge in [-0.1, -0.05) is 25.7 Å². The summed E-state index contributed by atoms with van der Waals surface area (Å²) in [6.45, 7) is 3.04. The molecule has 1 aromatic carbocycles. The van der Waals surface area contributed by atoms with Crippen molar-refractivity contribution in [2.24, 2.45) is 0 Å². The molecule has 2 aliphatic rings. The molecule has 1 N–H and O–H groups in total. The van der Waals surface area contributed by atoms with E-state index in [9.17, 15) is 4.79 Å². The van der Waals surface area contributed by atoms with Gasteiger partial charge in [-0.2, -0.15) is 0 Å². The Balaban J connectivity index is 1.67. The van der Waals surface area contributed by atoms with E-state index in [2.05, 4.69) is 10.2 Å². The summed E-state index contributed by atoms with van der Waals surface area (Å²) in [5.74, 6) is 1.75. The number of rotatable bonds is 8. The maximum Gasteiger partial charge on any atom is 0.244 e. The molecule has 30 heavy (non-hydrogen) atoms. The highest BCUT2D eigenvalue weighted by Crippen LogP contribution is 2.36. The molecular weight excluding hydrogens is 380 g/mol. The first-order valence-electron chi connectivity index (χ1n) is 11.1. The van der Waals surface area contributed by atoms with Crippen LogP contribution in [0.3, 0.4) is 0 Å². The maximum absolute atomic E-state index is 12.6. The van der Waals surface area contributed by atoms with Gasteiger partial charge >= 0.3 is 0 Å². The molecule has 1 heterocycles. The predicted octanol–water partition coefficient (Wildman–Crippen LogP) is 4.03. The van der Waals surface area contributed by atoms with Gasteiger partial charge in [0.2, 0.25) is 5.91 Å². The monoisotopic (exact) mass is 416 g/mol. The fourth-order valence-electron chi connectivity index (χ4n) is 4.84. The fraction of sp³-hybridized carbons (Fsp3) is 0.625. The number of methoxy groups -OCH3 is 3. The number of likely N-dealkylation sites (tertiary alicyclic amines) is 1. The standard InChI is InChI=1S/C24H36N2O4/c1-28-20-17-22(30-3)21(29-2)16-19(20)10-11-23(27)25-18-24(12-6-4-7-13-24)26-14-8-5-9-15-26/h10-11,16-17H,4-9,12-15,18H2,1-3H3,(H,25,27)/b11-10+. The normalized spacial score (nSPS) is 19.4. The number of nitrogens with one attached hydrogen (secondary N) is 1. The van der Waals surface area contributed by atoms with Crippen molar-refractivity contribution in [2.45, 2.75) is 56.9 Å². The van der Waals surface area contributed by atoms with Gasteiger partial charge in [0.05, 0.1) is 21.3 Å². The Kier molecular flexibility index (Phi) is 8.02. The largest absolute Gasteiger partial charge is 0.496 e. The SMILES string of the molecule is COc1cc(OC)c(OC)cc1/C=C/C(=O)NCC1(N2CCCCC2)CCCCC1. The highest BCUT2D eigenvalue weighted by molar-refractivity contribution is 5.92. The van der Waals surface area contributed by atoms with Crippen LogP contribution in [-0.4, -0.2) is 57.3 Å². The van der Waals surface area contributed by atoms with Gasteiger partial charge < -0.3 is 19.5 Å². The van der Waals surface area contributed by atoms with E-state index >= 15 is 0 Å². The number of ether oxygens (including phenoxy) is 3. The van der Waals surface area contributed by atoms with E-state index in [1.807, 2.05) is 6.07 Å². The summed E-state index contributed by atoms with van der Waals surface area (Å²) < 4.78 is 16.1. The lowest BCUT2D eigenvalue weighted by Crippen LogP contribution is -2.58. The number of carbonyl (C=O) groups excluding carboxylic acids is 1. The van der Waals surface area contributed by atoms with Crippen molar-refractivity contribution in [3.63, 3.8) is 0 Å². The third kappa shape index (κ3) is 5.28. The summed E-state index contributed by atoms with van der Waals surface area (Å²) in [6.07, 6.45) is 13.4. The molecule has 0 unspecified atom stereocenters. The first-order chi connectivity index (χ1) is 14.6. The van der Waals surface area contributed by atoms with E-state index in [0.29, 0.717) is 17.2 Å². The third-order valence-corrected chi connectivity index (χ3v) is 6.55. The molecule has 0 atom stereocenters. The van der Waals surface area contributed by atoms with Gasteiger partial charge in [-0.05, 0) is 50.9 Å². The van der Waals surface area contributed by atoms with Gasteiger partial charge in [-0.15, -0.1) is 0 Å². The minimum Gasteiger partial charge on any atom is -0.496 e. The highest BCUT2D eigenvalue weighted by Gasteiger charge is 2.38. The van der Waals surface area contributed by atoms with Crippen LogP contribution in [0.1, 0.15) is 56.9 Å². The zero-order valence-electron chi connectivity index (χ0n) is 18.7. The second-order valence-electron chi connectivity index (χ2n) is 8.33. The van der Waals surface area contributed by atoms with E-state index in [0.717, 1.165) is 25.2 Å². The summed E-state index contributed by atoms with van der Waals surface area (Å²) in [4.78, 5) is 15.3. The molecule has 1 amide bonds. The lowest BCUT2D eigenvalue weighted by atomic mass is 9.79. The van der Waals surface area contributed by atoms with Crippen molar-refractivity contribution >= 4 is 12.0 Å². The first kappa shape index (κ1) is 22.5. The summed E-state index contributed by atoms with van der Waals surface area (Å²) in [6, 6.07) is 3.58. The molecule has 3 rings (SSSR count). The molecule has 166 valence electrons. The Morgan fingerprint density at radius 3 is 2.17 bits per heavy atom. The second kappa shape index (κ2) is 10.7. The van der Waals surface area contributed by atoms with Gasteiger partial charge in [0.1, 0.15) is 5.75 Å². The zero-order valence-corrected chi connectivity index (χ0v) is 18.7. The topological polar surface area (TPSA) is 60.0 Å². The van der Waals surface area contributed by atoms with Crippen molar-refractivity contribution in [3.8, 4) is 17.2 Å². The van der Waals surface area contributed by atoms with E-state index in [1.165, 1.54) is 51.4 Å². The number of piperidine rings is 1. The smallest absolute Gasteiger partial charge is 0.244 e. The highest BCUT2D eigenvalue weighted by atomic mass is 16.5. The van der Waals surface area contributed by atoms with Crippen molar-refractivity contribution in [1.82, 2.24) is 10.2 Å². The molecule has 0 spiro atoms. The Hall–Kier alpha value is -2.21. The van der Waals surface area contributed by atoms with Crippen LogP contribution in [0.4, 0.5) is 0 Å². The van der Waals surface area contributed by atoms with Gasteiger partial charge in [-0.25, -0.2) is 0 Å². The lowest BCUT2D eigenvalue weighted by Gasteiger charge is -2.48. The lowest BCUT2D eigenvalue weighted by molar-refractivity contribution is -0.117. The van der Waals surface area contributed by atoms with E-state index in [1.54, 1.807) is 39.5 Å². The Morgan fingerprint density at radius 2 is 1.53 bits per heavy atom. The zero-order chi connectivity index (χ0) is 21.4. The quantitative estimate of drug-likeness (QED) is 0.649. The number of benzene rings is 1. The van der Waals surface area contributed by atoms with E-state index in [4.69, 9.17) is 14.2 Å². The molecule has 1 aliphatic heterocycles. The van der Waals surface area contributed by atoms with Gasteiger partial charge in [0, 0.05) is 29.8 Å². The van der Waals surface area contributed by atoms with Crippen LogP contribution in [-0.2, 0) is 4.79 Å². The van der Waals surface area contributed by atoms with Crippen molar-refractivity contribution in [3.05, 3.63) is 23.8 Å². The molecule has 0 aromatic heterocycles. The third-order valence-electron chi connectivity index (χ3n) is 6.55. The van der Waals surface area contributed by atoms with Crippen molar-refractivity contribution in [2.75, 3.05) is 41.0 Å². The molecule has 2 fully saturated rings. The number of hydrogen-bond donors (Lipinski definition) is 1. The average molecular weight is 417 g/mol. The van der Waals surface area contributed by atoms with E-state index in [-0.39, 0.29) is 11.4 Å². The maximum atomic E-state index is 12.6. The van der Waals surface area contributed by atoms with Crippen LogP contribution in [0.2, 0.25) is 0 Å². The number of carbonyl (C=O) groups is 1. The van der Waals surface area contributed by atoms with Crippen LogP contribution >= 0.6 is 0 Å². The summed E-state index contributed by atoms with van der Waals surface area (Å²) in [5.41, 5.74) is 0.900. The number of nitrogens with zero attached hydrogens (tertiary/aromatic N) is 1. The van der Waals surface area contributed by atoms with Crippen LogP contribution < -0.4 is 19.5 Å². The number of hydrogen-bond acceptors (Lipinski definition) is 5. The minimum atomic E-state index is -0.0752. The predicted molar refractivity (Wildman–Crippen MR) is 119 cm³/mol. The molecule has 6 heteroatoms. The number of amides is 1. The van der Waals surface area contributed by atoms with Crippen molar-refractivity contribution in [1.29, 1.82) is 0 Å². The van der Waals surface area contributed by atoms with Crippen LogP contribution in [0.15, 0.2) is 18.2 Å². The molecule has 0 radical (unpaired) electrons. The fourth-order valence-corrected chi connectivity index (χ4v) is 4.84. The summed E-state index contributed by atoms with van der Waals surface area (Å²) in [7, 11) is 4.78. The molecule has 6 nitrogen and oxygen atoms in total. The molecule has 0 bridgehead atoms. The van der Waals surface area contributed by atoms with Gasteiger partial charge in [-0.3, -0.25) is 9.69 Å². The molecule has 1 saturated heterocycles. The molecular formula is C24H36N2O4. The van der Waals surface area contributed by atoms with Gasteiger partial charge in [0.25, 0.3) is 0 Å². The Labute approximate surface area is 180 Å². The molecule has 1 aliphatic carbocycles. The molecule has 1 aromatic rings. The van der Waals surface area contributed by atoms with E-state index < -0.39 is 0 Å². The Morgan fingerprint density at radius 1 is 0.933 bits per heavy atom. The molecule has 1 saturated carbocycles. The van der Waals surface area contributed by atoms with Crippen molar-refractivity contribution < 1.29 is 19.0 Å².